The quantitative estimate of drug-likeness (QED) is 0.107. The van der Waals surface area contributed by atoms with Crippen molar-refractivity contribution in [3.05, 3.63) is 98.9 Å². The minimum atomic E-state index is -2.45. The summed E-state index contributed by atoms with van der Waals surface area (Å²) in [6, 6.07) is 15.6. The van der Waals surface area contributed by atoms with Gasteiger partial charge in [-0.1, -0.05) is 53.6 Å². The molecule has 2 N–H and O–H groups in total. The molecule has 41 heavy (non-hydrogen) atoms. The number of alkyl halides is 1. The lowest BCUT2D eigenvalue weighted by Gasteiger charge is -2.24. The van der Waals surface area contributed by atoms with Gasteiger partial charge in [0.15, 0.2) is 41.2 Å². The molecule has 14 nitrogen and oxygen atoms in total. The van der Waals surface area contributed by atoms with Crippen LogP contribution in [0.3, 0.4) is 0 Å². The third-order valence-corrected chi connectivity index (χ3v) is 6.30. The largest absolute Gasteiger partial charge is 0.451 e. The summed E-state index contributed by atoms with van der Waals surface area (Å²) in [5.74, 6) is -2.29. The fourth-order valence-electron chi connectivity index (χ4n) is 4.46. The number of rotatable bonds is 8. The lowest BCUT2D eigenvalue weighted by atomic mass is 9.96. The maximum Gasteiger partial charge on any atom is 0.338 e. The number of nitrogens with one attached hydrogen (secondary N) is 2. The van der Waals surface area contributed by atoms with Gasteiger partial charge in [-0.25, -0.2) is 14.2 Å². The predicted molar refractivity (Wildman–Crippen MR) is 140 cm³/mol. The number of halogens is 1. The van der Waals surface area contributed by atoms with E-state index >= 15 is 4.39 Å². The van der Waals surface area contributed by atoms with Crippen LogP contribution in [0.4, 0.5) is 10.3 Å². The number of ketones is 1. The number of amides is 1. The molecule has 1 saturated heterocycles. The second kappa shape index (κ2) is 11.0. The molecule has 5 rings (SSSR count). The Morgan fingerprint density at radius 2 is 1.83 bits per heavy atom. The number of benzene rings is 2. The van der Waals surface area contributed by atoms with Gasteiger partial charge in [-0.2, -0.15) is 4.98 Å². The van der Waals surface area contributed by atoms with Gasteiger partial charge in [-0.15, -0.1) is 0 Å². The first-order valence-corrected chi connectivity index (χ1v) is 12.2. The van der Waals surface area contributed by atoms with Gasteiger partial charge in [-0.3, -0.25) is 29.3 Å². The number of carbonyl (C=O) groups excluding carboxylic acids is 3. The maximum absolute atomic E-state index is 16.4. The van der Waals surface area contributed by atoms with Crippen LogP contribution in [-0.4, -0.2) is 55.2 Å². The van der Waals surface area contributed by atoms with Crippen LogP contribution in [0.5, 0.6) is 0 Å². The topological polar surface area (TPSA) is 194 Å². The summed E-state index contributed by atoms with van der Waals surface area (Å²) in [5, 5.41) is 5.88. The number of ether oxygens (including phenoxy) is 2. The molecule has 0 saturated carbocycles. The Morgan fingerprint density at radius 3 is 2.46 bits per heavy atom. The number of aromatic nitrogens is 4. The van der Waals surface area contributed by atoms with Gasteiger partial charge < -0.3 is 9.47 Å². The van der Waals surface area contributed by atoms with Gasteiger partial charge in [0, 0.05) is 23.8 Å². The van der Waals surface area contributed by atoms with Crippen molar-refractivity contribution in [3.63, 3.8) is 0 Å². The van der Waals surface area contributed by atoms with Crippen LogP contribution in [0.1, 0.15) is 40.3 Å². The number of imidazole rings is 1. The van der Waals surface area contributed by atoms with Crippen LogP contribution in [0, 0.1) is 0 Å². The van der Waals surface area contributed by atoms with Crippen molar-refractivity contribution in [2.24, 2.45) is 5.11 Å². The highest BCUT2D eigenvalue weighted by molar-refractivity contribution is 5.96. The van der Waals surface area contributed by atoms with Gasteiger partial charge in [0.05, 0.1) is 11.9 Å². The van der Waals surface area contributed by atoms with Crippen molar-refractivity contribution in [1.82, 2.24) is 19.5 Å². The molecule has 4 atom stereocenters. The van der Waals surface area contributed by atoms with E-state index in [1.54, 1.807) is 36.4 Å². The number of H-pyrrole nitrogens is 1. The third-order valence-electron chi connectivity index (χ3n) is 6.30. The monoisotopic (exact) mass is 560 g/mol. The lowest BCUT2D eigenvalue weighted by molar-refractivity contribution is -0.114. The fourth-order valence-corrected chi connectivity index (χ4v) is 4.46. The van der Waals surface area contributed by atoms with Gasteiger partial charge in [0.2, 0.25) is 11.9 Å². The number of esters is 1. The number of aromatic amines is 1. The molecule has 0 spiro atoms. The number of Topliss-reactive ketones (excluding diaryl/α,β-unsaturated/α-hetero) is 1. The molecule has 0 radical (unpaired) electrons. The Hall–Kier alpha value is -5.40. The van der Waals surface area contributed by atoms with Crippen molar-refractivity contribution >= 4 is 34.8 Å². The van der Waals surface area contributed by atoms with Crippen LogP contribution < -0.4 is 10.9 Å². The van der Waals surface area contributed by atoms with Crippen molar-refractivity contribution in [1.29, 1.82) is 0 Å². The van der Waals surface area contributed by atoms with Gasteiger partial charge >= 0.3 is 5.97 Å². The van der Waals surface area contributed by atoms with E-state index in [9.17, 15) is 24.7 Å². The summed E-state index contributed by atoms with van der Waals surface area (Å²) in [5.41, 5.74) is 6.11. The Bertz CT molecular complexity index is 1740. The van der Waals surface area contributed by atoms with E-state index in [1.807, 2.05) is 0 Å². The molecule has 3 heterocycles. The number of anilines is 1. The average molecular weight is 561 g/mol. The van der Waals surface area contributed by atoms with Crippen molar-refractivity contribution in [2.75, 3.05) is 5.32 Å². The Morgan fingerprint density at radius 1 is 1.17 bits per heavy atom. The number of hydrogen-bond donors (Lipinski definition) is 2. The number of nitrogens with zero attached hydrogens (tertiary/aromatic N) is 6. The van der Waals surface area contributed by atoms with Gasteiger partial charge in [-0.05, 0) is 17.7 Å². The molecule has 1 aliphatic heterocycles. The smallest absolute Gasteiger partial charge is 0.338 e. The second-order valence-electron chi connectivity index (χ2n) is 9.07. The van der Waals surface area contributed by atoms with Crippen LogP contribution in [0.25, 0.3) is 21.6 Å². The zero-order valence-corrected chi connectivity index (χ0v) is 21.3. The Kier molecular flexibility index (Phi) is 7.29. The number of azide groups is 1. The first-order chi connectivity index (χ1) is 19.7. The third kappa shape index (κ3) is 5.26. The van der Waals surface area contributed by atoms with E-state index in [0.717, 1.165) is 10.9 Å². The summed E-state index contributed by atoms with van der Waals surface area (Å²) in [6.45, 7) is 1.20. The second-order valence-corrected chi connectivity index (χ2v) is 9.07. The number of hydrogen-bond acceptors (Lipinski definition) is 9. The standard InChI is InChI=1S/C26H21FN8O6/c1-14(36)30-25-31-21-18(22(38)32-25)29-13-35(21)23-19(40-24(39)16-10-6-3-7-11-16)20(27)26(41-23,33-34-28)12-17(37)15-8-4-2-5-9-15/h2-11,13,19-20,23H,12H2,1H3,(H2,30,31,32,36,38). The molecule has 0 aliphatic carbocycles. The van der Waals surface area contributed by atoms with Crippen LogP contribution in [-0.2, 0) is 14.3 Å². The molecule has 15 heteroatoms. The van der Waals surface area contributed by atoms with Crippen LogP contribution >= 0.6 is 0 Å². The minimum absolute atomic E-state index is 0.0955. The summed E-state index contributed by atoms with van der Waals surface area (Å²) in [4.78, 5) is 63.6. The van der Waals surface area contributed by atoms with Crippen molar-refractivity contribution in [2.45, 2.75) is 37.6 Å². The highest BCUT2D eigenvalue weighted by Gasteiger charge is 2.59. The number of carbonyl (C=O) groups is 3. The summed E-state index contributed by atoms with van der Waals surface area (Å²) in [6.07, 6.45) is -5.39. The lowest BCUT2D eigenvalue weighted by Crippen LogP contribution is -2.41. The summed E-state index contributed by atoms with van der Waals surface area (Å²) in [7, 11) is 0. The minimum Gasteiger partial charge on any atom is -0.451 e. The molecule has 208 valence electrons. The summed E-state index contributed by atoms with van der Waals surface area (Å²) >= 11 is 0. The molecule has 0 bridgehead atoms. The van der Waals surface area contributed by atoms with Crippen molar-refractivity contribution in [3.8, 4) is 0 Å². The normalized spacial score (nSPS) is 21.7. The van der Waals surface area contributed by atoms with Crippen molar-refractivity contribution < 1.29 is 28.2 Å². The Balaban J connectivity index is 1.61. The highest BCUT2D eigenvalue weighted by atomic mass is 19.1. The molecule has 1 fully saturated rings. The molecular formula is C26H21FN8O6. The molecular weight excluding hydrogens is 539 g/mol. The van der Waals surface area contributed by atoms with Crippen LogP contribution in [0.15, 0.2) is 76.9 Å². The fraction of sp³-hybridized carbons (Fsp3) is 0.231. The maximum atomic E-state index is 16.4. The highest BCUT2D eigenvalue weighted by Crippen LogP contribution is 2.45. The van der Waals surface area contributed by atoms with E-state index in [0.29, 0.717) is 0 Å². The SMILES string of the molecule is CC(=O)Nc1nc2c(ncn2C2OC(CC(=O)c3ccccc3)(N=[N+]=[N-])C(F)C2OC(=O)c2ccccc2)c(=O)[nH]1. The van der Waals surface area contributed by atoms with E-state index in [-0.39, 0.29) is 28.2 Å². The van der Waals surface area contributed by atoms with E-state index in [2.05, 4.69) is 30.3 Å². The van der Waals surface area contributed by atoms with Gasteiger partial charge in [0.25, 0.3) is 5.56 Å². The number of fused-ring (bicyclic) bond motifs is 1. The average Bonchev–Trinajstić information content (AvgIpc) is 3.49. The van der Waals surface area contributed by atoms with E-state index < -0.39 is 53.9 Å². The van der Waals surface area contributed by atoms with E-state index in [4.69, 9.17) is 9.47 Å². The Labute approximate surface area is 229 Å². The molecule has 1 amide bonds. The van der Waals surface area contributed by atoms with Crippen LogP contribution in [0.2, 0.25) is 0 Å². The zero-order valence-electron chi connectivity index (χ0n) is 21.3. The predicted octanol–water partition coefficient (Wildman–Crippen LogP) is 3.45. The molecule has 4 unspecified atom stereocenters. The molecule has 2 aromatic carbocycles. The summed E-state index contributed by atoms with van der Waals surface area (Å²) < 4.78 is 29.0. The molecule has 2 aromatic heterocycles. The molecule has 4 aromatic rings. The molecule has 1 aliphatic rings. The van der Waals surface area contributed by atoms with E-state index in [1.165, 1.54) is 31.2 Å². The first kappa shape index (κ1) is 27.2. The zero-order chi connectivity index (χ0) is 29.1. The first-order valence-electron chi connectivity index (χ1n) is 12.2. The van der Waals surface area contributed by atoms with Gasteiger partial charge in [0.1, 0.15) is 0 Å².